The molecule has 3 aromatic carbocycles. The van der Waals surface area contributed by atoms with Gasteiger partial charge in [0.25, 0.3) is 5.56 Å². The second kappa shape index (κ2) is 12.6. The molecule has 0 bridgehead atoms. The van der Waals surface area contributed by atoms with Crippen LogP contribution in [0.25, 0.3) is 11.4 Å². The minimum absolute atomic E-state index is 0.0255. The number of aryl methyl sites for hydroxylation is 1. The predicted octanol–water partition coefficient (Wildman–Crippen LogP) is 3.63. The minimum atomic E-state index is -4.09. The van der Waals surface area contributed by atoms with Crippen LogP contribution in [-0.4, -0.2) is 55.9 Å². The van der Waals surface area contributed by atoms with Gasteiger partial charge in [-0.25, -0.2) is 13.4 Å². The summed E-state index contributed by atoms with van der Waals surface area (Å²) in [5.74, 6) is 0.483. The fourth-order valence-corrected chi connectivity index (χ4v) is 5.54. The van der Waals surface area contributed by atoms with E-state index in [4.69, 9.17) is 9.47 Å². The molecule has 0 fully saturated rings. The second-order valence-electron chi connectivity index (χ2n) is 8.96. The van der Waals surface area contributed by atoms with Crippen molar-refractivity contribution in [2.75, 3.05) is 32.6 Å². The van der Waals surface area contributed by atoms with E-state index in [0.717, 1.165) is 9.87 Å². The lowest BCUT2D eigenvalue weighted by atomic mass is 10.1. The van der Waals surface area contributed by atoms with E-state index in [1.807, 2.05) is 30.3 Å². The zero-order chi connectivity index (χ0) is 28.7. The minimum Gasteiger partial charge on any atom is -0.493 e. The highest BCUT2D eigenvalue weighted by Crippen LogP contribution is 2.31. The number of hydrogen-bond acceptors (Lipinski definition) is 7. The first kappa shape index (κ1) is 28.5. The molecule has 4 aromatic rings. The third-order valence-corrected chi connectivity index (χ3v) is 7.94. The van der Waals surface area contributed by atoms with Gasteiger partial charge in [-0.05, 0) is 43.2 Å². The monoisotopic (exact) mass is 562 g/mol. The van der Waals surface area contributed by atoms with Crippen LogP contribution in [0.2, 0.25) is 0 Å². The Morgan fingerprint density at radius 2 is 1.70 bits per heavy atom. The molecular formula is C29H30N4O6S. The lowest BCUT2D eigenvalue weighted by molar-refractivity contribution is -0.116. The molecule has 0 aliphatic heterocycles. The van der Waals surface area contributed by atoms with Crippen molar-refractivity contribution in [1.82, 2.24) is 14.3 Å². The van der Waals surface area contributed by atoms with Gasteiger partial charge in [-0.15, -0.1) is 0 Å². The summed E-state index contributed by atoms with van der Waals surface area (Å²) >= 11 is 0. The molecule has 0 unspecified atom stereocenters. The Hall–Kier alpha value is -4.48. The number of amides is 1. The highest BCUT2D eigenvalue weighted by molar-refractivity contribution is 7.89. The van der Waals surface area contributed by atoms with Gasteiger partial charge in [-0.3, -0.25) is 9.59 Å². The second-order valence-corrected chi connectivity index (χ2v) is 10.9. The van der Waals surface area contributed by atoms with Crippen LogP contribution in [0.15, 0.2) is 88.6 Å². The number of aromatic amines is 1. The summed E-state index contributed by atoms with van der Waals surface area (Å²) in [6, 6.07) is 21.9. The van der Waals surface area contributed by atoms with E-state index in [-0.39, 0.29) is 22.7 Å². The quantitative estimate of drug-likeness (QED) is 0.285. The van der Waals surface area contributed by atoms with E-state index >= 15 is 0 Å². The average molecular weight is 563 g/mol. The molecule has 1 heterocycles. The Bertz CT molecular complexity index is 1650. The number of sulfonamides is 1. The number of nitrogens with zero attached hydrogens (tertiary/aromatic N) is 2. The summed E-state index contributed by atoms with van der Waals surface area (Å²) < 4.78 is 39.1. The predicted molar refractivity (Wildman–Crippen MR) is 152 cm³/mol. The molecule has 0 saturated heterocycles. The van der Waals surface area contributed by atoms with Gasteiger partial charge in [0.2, 0.25) is 15.9 Å². The van der Waals surface area contributed by atoms with E-state index in [1.54, 1.807) is 31.2 Å². The molecule has 208 valence electrons. The van der Waals surface area contributed by atoms with Crippen molar-refractivity contribution in [3.05, 3.63) is 100 Å². The lowest BCUT2D eigenvalue weighted by Gasteiger charge is -2.22. The molecule has 1 amide bonds. The van der Waals surface area contributed by atoms with Gasteiger partial charge in [0, 0.05) is 35.6 Å². The van der Waals surface area contributed by atoms with Gasteiger partial charge in [-0.2, -0.15) is 4.31 Å². The molecule has 4 rings (SSSR count). The Morgan fingerprint density at radius 1 is 0.950 bits per heavy atom. The zero-order valence-electron chi connectivity index (χ0n) is 22.4. The topological polar surface area (TPSA) is 131 Å². The Kier molecular flexibility index (Phi) is 8.97. The van der Waals surface area contributed by atoms with Gasteiger partial charge < -0.3 is 19.8 Å². The van der Waals surface area contributed by atoms with Gasteiger partial charge in [0.15, 0.2) is 11.5 Å². The number of anilines is 1. The maximum Gasteiger partial charge on any atom is 0.251 e. The number of ether oxygens (including phenoxy) is 2. The number of methoxy groups -OCH3 is 2. The average Bonchev–Trinajstić information content (AvgIpc) is 2.95. The highest BCUT2D eigenvalue weighted by atomic mass is 32.2. The fraction of sp³-hybridized carbons (Fsp3) is 0.207. The van der Waals surface area contributed by atoms with Crippen molar-refractivity contribution in [2.45, 2.75) is 18.2 Å². The van der Waals surface area contributed by atoms with Crippen molar-refractivity contribution in [3.63, 3.8) is 0 Å². The molecule has 2 N–H and O–H groups in total. The maximum absolute atomic E-state index is 13.7. The molecule has 0 aliphatic carbocycles. The molecule has 11 heteroatoms. The number of benzene rings is 3. The number of rotatable bonds is 11. The van der Waals surface area contributed by atoms with Crippen LogP contribution >= 0.6 is 0 Å². The van der Waals surface area contributed by atoms with Crippen LogP contribution in [0.1, 0.15) is 11.3 Å². The van der Waals surface area contributed by atoms with Crippen LogP contribution in [0.3, 0.4) is 0 Å². The van der Waals surface area contributed by atoms with E-state index in [1.165, 1.54) is 38.5 Å². The van der Waals surface area contributed by atoms with Crippen molar-refractivity contribution >= 4 is 21.6 Å². The van der Waals surface area contributed by atoms with Crippen LogP contribution in [0.4, 0.5) is 5.69 Å². The van der Waals surface area contributed by atoms with Gasteiger partial charge in [0.05, 0.1) is 25.7 Å². The standard InChI is InChI=1S/C29H30N4O6S/c1-20-16-27(34)32-29(30-20)22-10-7-11-23(17-22)31-28(35)19-33(15-14-21-8-5-4-6-9-21)40(36,37)24-12-13-25(38-2)26(18-24)39-3/h4-13,16-18H,14-15,19H2,1-3H3,(H,31,35)(H,30,32,34). The maximum atomic E-state index is 13.7. The van der Waals surface area contributed by atoms with E-state index < -0.39 is 22.5 Å². The number of nitrogens with one attached hydrogen (secondary N) is 2. The molecule has 0 radical (unpaired) electrons. The molecule has 10 nitrogen and oxygen atoms in total. The fourth-order valence-electron chi connectivity index (χ4n) is 4.13. The van der Waals surface area contributed by atoms with Gasteiger partial charge in [0.1, 0.15) is 5.82 Å². The molecule has 1 aromatic heterocycles. The summed E-state index contributed by atoms with van der Waals surface area (Å²) in [5.41, 5.74) is 2.23. The van der Waals surface area contributed by atoms with Crippen molar-refractivity contribution < 1.29 is 22.7 Å². The molecule has 0 atom stereocenters. The summed E-state index contributed by atoms with van der Waals surface area (Å²) in [6.45, 7) is 1.36. The summed E-state index contributed by atoms with van der Waals surface area (Å²) in [7, 11) is -1.21. The van der Waals surface area contributed by atoms with E-state index in [2.05, 4.69) is 15.3 Å². The van der Waals surface area contributed by atoms with Crippen LogP contribution in [0.5, 0.6) is 11.5 Å². The largest absolute Gasteiger partial charge is 0.493 e. The molecular weight excluding hydrogens is 532 g/mol. The third kappa shape index (κ3) is 6.93. The van der Waals surface area contributed by atoms with Crippen molar-refractivity contribution in [2.24, 2.45) is 0 Å². The summed E-state index contributed by atoms with van der Waals surface area (Å²) in [6.07, 6.45) is 0.405. The number of carbonyl (C=O) groups is 1. The Labute approximate surface area is 232 Å². The number of hydrogen-bond donors (Lipinski definition) is 2. The molecule has 0 saturated carbocycles. The smallest absolute Gasteiger partial charge is 0.251 e. The Morgan fingerprint density at radius 3 is 2.40 bits per heavy atom. The highest BCUT2D eigenvalue weighted by Gasteiger charge is 2.28. The number of H-pyrrole nitrogens is 1. The molecule has 0 aliphatic rings. The van der Waals surface area contributed by atoms with Crippen LogP contribution < -0.4 is 20.3 Å². The van der Waals surface area contributed by atoms with Crippen molar-refractivity contribution in [3.8, 4) is 22.9 Å². The van der Waals surface area contributed by atoms with Gasteiger partial charge in [-0.1, -0.05) is 42.5 Å². The summed E-state index contributed by atoms with van der Waals surface area (Å²) in [5, 5.41) is 2.76. The number of carbonyl (C=O) groups excluding carboxylic acids is 1. The normalized spacial score (nSPS) is 11.3. The van der Waals surface area contributed by atoms with E-state index in [0.29, 0.717) is 34.9 Å². The SMILES string of the molecule is COc1ccc(S(=O)(=O)N(CCc2ccccc2)CC(=O)Nc2cccc(-c3nc(C)cc(=O)[nH]3)c2)cc1OC. The first-order valence-electron chi connectivity index (χ1n) is 12.4. The van der Waals surface area contributed by atoms with Crippen LogP contribution in [-0.2, 0) is 21.2 Å². The first-order chi connectivity index (χ1) is 19.2. The van der Waals surface area contributed by atoms with Gasteiger partial charge >= 0.3 is 0 Å². The zero-order valence-corrected chi connectivity index (χ0v) is 23.2. The van der Waals surface area contributed by atoms with E-state index in [9.17, 15) is 18.0 Å². The summed E-state index contributed by atoms with van der Waals surface area (Å²) in [4.78, 5) is 32.0. The first-order valence-corrected chi connectivity index (χ1v) is 13.9. The lowest BCUT2D eigenvalue weighted by Crippen LogP contribution is -2.39. The number of aromatic nitrogens is 2. The molecule has 40 heavy (non-hydrogen) atoms. The Balaban J connectivity index is 1.59. The van der Waals surface area contributed by atoms with Crippen molar-refractivity contribution in [1.29, 1.82) is 0 Å². The van der Waals surface area contributed by atoms with Crippen LogP contribution in [0, 0.1) is 6.92 Å². The molecule has 0 spiro atoms. The third-order valence-electron chi connectivity index (χ3n) is 6.09.